The summed E-state index contributed by atoms with van der Waals surface area (Å²) in [5, 5.41) is 0.645. The maximum atomic E-state index is 6.35. The van der Waals surface area contributed by atoms with E-state index in [0.717, 1.165) is 31.8 Å². The number of nitrogens with zero attached hydrogens (tertiary/aromatic N) is 1. The second-order valence-electron chi connectivity index (χ2n) is 6.07. The topological polar surface area (TPSA) is 47.7 Å². The highest BCUT2D eigenvalue weighted by Gasteiger charge is 2.28. The molecule has 2 N–H and O–H groups in total. The van der Waals surface area contributed by atoms with Crippen LogP contribution in [0, 0.1) is 5.92 Å². The van der Waals surface area contributed by atoms with Crippen LogP contribution in [0.15, 0.2) is 12.1 Å². The van der Waals surface area contributed by atoms with E-state index in [0.29, 0.717) is 35.9 Å². The number of hydrogen-bond acceptors (Lipinski definition) is 4. The molecule has 2 aliphatic heterocycles. The van der Waals surface area contributed by atoms with Gasteiger partial charge in [-0.05, 0) is 43.5 Å². The van der Waals surface area contributed by atoms with Gasteiger partial charge >= 0.3 is 0 Å². The Labute approximate surface area is 131 Å². The van der Waals surface area contributed by atoms with Crippen LogP contribution in [0.2, 0.25) is 5.02 Å². The average molecular weight is 311 g/mol. The molecule has 0 spiro atoms. The Balaban J connectivity index is 1.77. The molecular formula is C16H23ClN2O2. The largest absolute Gasteiger partial charge is 0.489 e. The first-order valence-corrected chi connectivity index (χ1v) is 8.07. The SMILES string of the molecule is CC1CC(CN)CN1Cc1cc(Cl)c2c(c1)OCCCO2. The predicted octanol–water partition coefficient (Wildman–Crippen LogP) is 2.67. The standard InChI is InChI=1S/C16H23ClN2O2/c1-11-5-13(8-18)10-19(11)9-12-6-14(17)16-15(7-12)20-3-2-4-21-16/h6-7,11,13H,2-5,8-10,18H2,1H3. The van der Waals surface area contributed by atoms with E-state index in [1.54, 1.807) is 0 Å². The fourth-order valence-electron chi connectivity index (χ4n) is 3.22. The van der Waals surface area contributed by atoms with Crippen molar-refractivity contribution < 1.29 is 9.47 Å². The Bertz CT molecular complexity index is 509. The molecule has 1 fully saturated rings. The third kappa shape index (κ3) is 3.28. The molecule has 0 saturated carbocycles. The Morgan fingerprint density at radius 1 is 1.33 bits per heavy atom. The molecule has 0 bridgehead atoms. The van der Waals surface area contributed by atoms with Crippen LogP contribution >= 0.6 is 11.6 Å². The average Bonchev–Trinajstić information content (AvgIpc) is 2.67. The van der Waals surface area contributed by atoms with Gasteiger partial charge in [0.05, 0.1) is 18.2 Å². The summed E-state index contributed by atoms with van der Waals surface area (Å²) in [6.07, 6.45) is 2.07. The van der Waals surface area contributed by atoms with E-state index in [1.165, 1.54) is 12.0 Å². The lowest BCUT2D eigenvalue weighted by Crippen LogP contribution is -2.27. The Morgan fingerprint density at radius 2 is 2.14 bits per heavy atom. The smallest absolute Gasteiger partial charge is 0.179 e. The van der Waals surface area contributed by atoms with E-state index >= 15 is 0 Å². The molecule has 0 aromatic heterocycles. The summed E-state index contributed by atoms with van der Waals surface area (Å²) >= 11 is 6.35. The van der Waals surface area contributed by atoms with Gasteiger partial charge in [-0.25, -0.2) is 0 Å². The van der Waals surface area contributed by atoms with Gasteiger partial charge in [0.2, 0.25) is 0 Å². The van der Waals surface area contributed by atoms with E-state index in [9.17, 15) is 0 Å². The maximum absolute atomic E-state index is 6.35. The molecule has 0 aliphatic carbocycles. The quantitative estimate of drug-likeness (QED) is 0.932. The van der Waals surface area contributed by atoms with Crippen LogP contribution in [-0.4, -0.2) is 37.2 Å². The Hall–Kier alpha value is -0.970. The maximum Gasteiger partial charge on any atom is 0.179 e. The molecule has 0 amide bonds. The van der Waals surface area contributed by atoms with Crippen molar-refractivity contribution in [3.63, 3.8) is 0 Å². The molecule has 0 radical (unpaired) electrons. The van der Waals surface area contributed by atoms with Crippen LogP contribution in [0.1, 0.15) is 25.3 Å². The number of halogens is 1. The van der Waals surface area contributed by atoms with E-state index < -0.39 is 0 Å². The Morgan fingerprint density at radius 3 is 2.90 bits per heavy atom. The summed E-state index contributed by atoms with van der Waals surface area (Å²) < 4.78 is 11.4. The minimum atomic E-state index is 0.563. The first kappa shape index (κ1) is 14.9. The highest BCUT2D eigenvalue weighted by molar-refractivity contribution is 6.32. The number of hydrogen-bond donors (Lipinski definition) is 1. The number of likely N-dealkylation sites (tertiary alicyclic amines) is 1. The normalized spacial score (nSPS) is 25.9. The van der Waals surface area contributed by atoms with Gasteiger partial charge in [0, 0.05) is 25.6 Å². The van der Waals surface area contributed by atoms with Crippen molar-refractivity contribution in [2.24, 2.45) is 11.7 Å². The van der Waals surface area contributed by atoms with E-state index in [-0.39, 0.29) is 0 Å². The molecule has 4 nitrogen and oxygen atoms in total. The van der Waals surface area contributed by atoms with Gasteiger partial charge in [-0.3, -0.25) is 4.90 Å². The van der Waals surface area contributed by atoms with Crippen LogP contribution in [0.25, 0.3) is 0 Å². The number of nitrogens with two attached hydrogens (primary N) is 1. The van der Waals surface area contributed by atoms with Gasteiger partial charge in [-0.2, -0.15) is 0 Å². The van der Waals surface area contributed by atoms with Crippen molar-refractivity contribution in [2.75, 3.05) is 26.3 Å². The molecule has 2 atom stereocenters. The lowest BCUT2D eigenvalue weighted by Gasteiger charge is -2.22. The van der Waals surface area contributed by atoms with Crippen molar-refractivity contribution in [3.8, 4) is 11.5 Å². The van der Waals surface area contributed by atoms with Crippen molar-refractivity contribution in [3.05, 3.63) is 22.7 Å². The van der Waals surface area contributed by atoms with Crippen molar-refractivity contribution in [2.45, 2.75) is 32.4 Å². The van der Waals surface area contributed by atoms with Crippen LogP contribution < -0.4 is 15.2 Å². The minimum absolute atomic E-state index is 0.563. The molecule has 21 heavy (non-hydrogen) atoms. The van der Waals surface area contributed by atoms with Crippen LogP contribution in [0.4, 0.5) is 0 Å². The first-order valence-electron chi connectivity index (χ1n) is 7.69. The van der Waals surface area contributed by atoms with E-state index in [1.807, 2.05) is 6.07 Å². The summed E-state index contributed by atoms with van der Waals surface area (Å²) in [6, 6.07) is 4.63. The summed E-state index contributed by atoms with van der Waals surface area (Å²) in [5.74, 6) is 2.07. The number of benzene rings is 1. The zero-order valence-corrected chi connectivity index (χ0v) is 13.2. The van der Waals surface area contributed by atoms with Crippen LogP contribution in [0.5, 0.6) is 11.5 Å². The van der Waals surface area contributed by atoms with Gasteiger partial charge in [0.1, 0.15) is 0 Å². The zero-order chi connectivity index (χ0) is 14.8. The van der Waals surface area contributed by atoms with Gasteiger partial charge in [0.25, 0.3) is 0 Å². The first-order chi connectivity index (χ1) is 10.2. The summed E-state index contributed by atoms with van der Waals surface area (Å²) in [5.41, 5.74) is 6.97. The fraction of sp³-hybridized carbons (Fsp3) is 0.625. The molecule has 2 unspecified atom stereocenters. The highest BCUT2D eigenvalue weighted by atomic mass is 35.5. The van der Waals surface area contributed by atoms with Gasteiger partial charge in [0.15, 0.2) is 11.5 Å². The third-order valence-electron chi connectivity index (χ3n) is 4.37. The summed E-state index contributed by atoms with van der Waals surface area (Å²) in [4.78, 5) is 2.47. The van der Waals surface area contributed by atoms with Crippen LogP contribution in [0.3, 0.4) is 0 Å². The lowest BCUT2D eigenvalue weighted by molar-refractivity contribution is 0.255. The molecule has 1 aromatic carbocycles. The van der Waals surface area contributed by atoms with Gasteiger partial charge in [-0.15, -0.1) is 0 Å². The van der Waals surface area contributed by atoms with Crippen LogP contribution in [-0.2, 0) is 6.54 Å². The minimum Gasteiger partial charge on any atom is -0.489 e. The molecule has 1 aromatic rings. The molecule has 2 heterocycles. The molecule has 2 aliphatic rings. The van der Waals surface area contributed by atoms with Crippen molar-refractivity contribution in [1.29, 1.82) is 0 Å². The third-order valence-corrected chi connectivity index (χ3v) is 4.65. The zero-order valence-electron chi connectivity index (χ0n) is 12.5. The molecule has 5 heteroatoms. The monoisotopic (exact) mass is 310 g/mol. The Kier molecular flexibility index (Phi) is 4.57. The van der Waals surface area contributed by atoms with Gasteiger partial charge in [-0.1, -0.05) is 11.6 Å². The number of rotatable bonds is 3. The van der Waals surface area contributed by atoms with Crippen molar-refractivity contribution in [1.82, 2.24) is 4.90 Å². The molecular weight excluding hydrogens is 288 g/mol. The lowest BCUT2D eigenvalue weighted by atomic mass is 10.1. The highest BCUT2D eigenvalue weighted by Crippen LogP contribution is 2.38. The van der Waals surface area contributed by atoms with Gasteiger partial charge < -0.3 is 15.2 Å². The van der Waals surface area contributed by atoms with E-state index in [2.05, 4.69) is 17.9 Å². The van der Waals surface area contributed by atoms with Crippen molar-refractivity contribution >= 4 is 11.6 Å². The van der Waals surface area contributed by atoms with E-state index in [4.69, 9.17) is 26.8 Å². The molecule has 116 valence electrons. The molecule has 3 rings (SSSR count). The second kappa shape index (κ2) is 6.42. The number of ether oxygens (including phenoxy) is 2. The number of fused-ring (bicyclic) bond motifs is 1. The fourth-order valence-corrected chi connectivity index (χ4v) is 3.51. The predicted molar refractivity (Wildman–Crippen MR) is 84.1 cm³/mol. The second-order valence-corrected chi connectivity index (χ2v) is 6.48. The molecule has 1 saturated heterocycles. The summed E-state index contributed by atoms with van der Waals surface area (Å²) in [7, 11) is 0. The summed E-state index contributed by atoms with van der Waals surface area (Å²) in [6.45, 7) is 6.32.